The van der Waals surface area contributed by atoms with Gasteiger partial charge in [0.15, 0.2) is 0 Å². The minimum Gasteiger partial charge on any atom is -0.711 e. The van der Waals surface area contributed by atoms with Crippen molar-refractivity contribution in [1.82, 2.24) is 4.98 Å². The zero-order valence-electron chi connectivity index (χ0n) is 6.87. The van der Waals surface area contributed by atoms with Crippen molar-refractivity contribution in [2.75, 3.05) is 0 Å². The summed E-state index contributed by atoms with van der Waals surface area (Å²) in [6.45, 7) is 2.06. The molecule has 0 aliphatic heterocycles. The lowest BCUT2D eigenvalue weighted by atomic mass is 10.3. The van der Waals surface area contributed by atoms with Crippen molar-refractivity contribution in [3.05, 3.63) is 35.3 Å². The Labute approximate surface area is 70.2 Å². The van der Waals surface area contributed by atoms with Crippen LogP contribution in [0.15, 0.2) is 24.4 Å². The molecule has 2 heterocycles. The number of nitrogens with zero attached hydrogens (tertiary/aromatic N) is 1. The monoisotopic (exact) mass is 162 g/mol. The smallest absolute Gasteiger partial charge is 0.289 e. The molecule has 62 valence electrons. The van der Waals surface area contributed by atoms with Crippen LogP contribution < -0.4 is 4.73 Å². The average Bonchev–Trinajstić information content (AvgIpc) is 2.49. The Bertz CT molecular complexity index is 406. The molecule has 2 aromatic heterocycles. The van der Waals surface area contributed by atoms with Crippen LogP contribution in [0.5, 0.6) is 0 Å². The summed E-state index contributed by atoms with van der Waals surface area (Å²) >= 11 is 0. The van der Waals surface area contributed by atoms with E-state index in [0.717, 1.165) is 22.2 Å². The maximum atomic E-state index is 11.2. The Balaban J connectivity index is 2.74. The molecule has 2 rings (SSSR count). The fourth-order valence-electron chi connectivity index (χ4n) is 1.32. The van der Waals surface area contributed by atoms with Crippen molar-refractivity contribution in [1.29, 1.82) is 0 Å². The first-order chi connectivity index (χ1) is 5.81. The van der Waals surface area contributed by atoms with Gasteiger partial charge in [-0.3, -0.25) is 0 Å². The minimum atomic E-state index is 0.648. The third kappa shape index (κ3) is 0.942. The Kier molecular flexibility index (Phi) is 1.50. The Morgan fingerprint density at radius 1 is 1.58 bits per heavy atom. The number of aromatic amines is 1. The SMILES string of the molecule is CCc1cc2ccc[n+]([O-])c2[nH]1. The Morgan fingerprint density at radius 2 is 2.42 bits per heavy atom. The van der Waals surface area contributed by atoms with Crippen LogP contribution in [0.25, 0.3) is 11.0 Å². The molecule has 0 aliphatic carbocycles. The predicted octanol–water partition coefficient (Wildman–Crippen LogP) is 1.36. The van der Waals surface area contributed by atoms with Crippen molar-refractivity contribution in [2.45, 2.75) is 13.3 Å². The van der Waals surface area contributed by atoms with E-state index in [2.05, 4.69) is 11.9 Å². The van der Waals surface area contributed by atoms with E-state index in [-0.39, 0.29) is 0 Å². The topological polar surface area (TPSA) is 42.7 Å². The molecule has 12 heavy (non-hydrogen) atoms. The zero-order chi connectivity index (χ0) is 8.55. The van der Waals surface area contributed by atoms with Crippen molar-refractivity contribution in [2.24, 2.45) is 0 Å². The van der Waals surface area contributed by atoms with Crippen molar-refractivity contribution >= 4 is 11.0 Å². The van der Waals surface area contributed by atoms with Gasteiger partial charge in [-0.25, -0.2) is 9.71 Å². The molecule has 0 unspecified atom stereocenters. The summed E-state index contributed by atoms with van der Waals surface area (Å²) < 4.78 is 0.856. The third-order valence-electron chi connectivity index (χ3n) is 1.98. The summed E-state index contributed by atoms with van der Waals surface area (Å²) in [4.78, 5) is 3.06. The molecule has 2 aromatic rings. The van der Waals surface area contributed by atoms with E-state index >= 15 is 0 Å². The van der Waals surface area contributed by atoms with Crippen LogP contribution in [0.2, 0.25) is 0 Å². The number of rotatable bonds is 1. The van der Waals surface area contributed by atoms with Gasteiger partial charge >= 0.3 is 0 Å². The van der Waals surface area contributed by atoms with Gasteiger partial charge in [-0.05, 0) is 18.2 Å². The third-order valence-corrected chi connectivity index (χ3v) is 1.98. The fraction of sp³-hybridized carbons (Fsp3) is 0.222. The zero-order valence-corrected chi connectivity index (χ0v) is 6.87. The molecule has 0 spiro atoms. The molecule has 0 atom stereocenters. The maximum Gasteiger partial charge on any atom is 0.289 e. The quantitative estimate of drug-likeness (QED) is 0.499. The van der Waals surface area contributed by atoms with E-state index < -0.39 is 0 Å². The van der Waals surface area contributed by atoms with Gasteiger partial charge in [0.2, 0.25) is 0 Å². The number of aryl methyl sites for hydroxylation is 1. The van der Waals surface area contributed by atoms with Gasteiger partial charge in [-0.1, -0.05) is 6.92 Å². The van der Waals surface area contributed by atoms with Gasteiger partial charge in [0, 0.05) is 6.42 Å². The first-order valence-electron chi connectivity index (χ1n) is 4.01. The summed E-state index contributed by atoms with van der Waals surface area (Å²) in [6, 6.07) is 5.69. The van der Waals surface area contributed by atoms with Crippen LogP contribution in [-0.2, 0) is 6.42 Å². The highest BCUT2D eigenvalue weighted by atomic mass is 16.5. The van der Waals surface area contributed by atoms with Gasteiger partial charge in [-0.2, -0.15) is 0 Å². The van der Waals surface area contributed by atoms with E-state index in [1.807, 2.05) is 12.1 Å². The number of fused-ring (bicyclic) bond motifs is 1. The molecule has 0 aromatic carbocycles. The van der Waals surface area contributed by atoms with Gasteiger partial charge in [0.05, 0.1) is 11.6 Å². The van der Waals surface area contributed by atoms with Crippen LogP contribution in [0.4, 0.5) is 0 Å². The van der Waals surface area contributed by atoms with Crippen LogP contribution in [0, 0.1) is 5.21 Å². The Hall–Kier alpha value is -1.51. The van der Waals surface area contributed by atoms with E-state index in [1.54, 1.807) is 6.07 Å². The largest absolute Gasteiger partial charge is 0.711 e. The first-order valence-corrected chi connectivity index (χ1v) is 4.01. The van der Waals surface area contributed by atoms with Crippen molar-refractivity contribution in [3.63, 3.8) is 0 Å². The number of hydrogen-bond donors (Lipinski definition) is 1. The minimum absolute atomic E-state index is 0.648. The van der Waals surface area contributed by atoms with Crippen LogP contribution in [0.1, 0.15) is 12.6 Å². The molecule has 0 bridgehead atoms. The number of aromatic nitrogens is 2. The van der Waals surface area contributed by atoms with E-state index in [1.165, 1.54) is 6.20 Å². The second-order valence-corrected chi connectivity index (χ2v) is 2.79. The molecule has 0 aliphatic rings. The molecule has 0 fully saturated rings. The van der Waals surface area contributed by atoms with Gasteiger partial charge in [0.1, 0.15) is 5.69 Å². The summed E-state index contributed by atoms with van der Waals surface area (Å²) in [6.07, 6.45) is 2.42. The number of hydrogen-bond acceptors (Lipinski definition) is 1. The number of nitrogens with one attached hydrogen (secondary N) is 1. The molecule has 0 radical (unpaired) electrons. The lowest BCUT2D eigenvalue weighted by Gasteiger charge is -1.99. The van der Waals surface area contributed by atoms with E-state index in [4.69, 9.17) is 0 Å². The van der Waals surface area contributed by atoms with E-state index in [0.29, 0.717) is 5.65 Å². The standard InChI is InChI=1S/C9H10N2O/c1-2-8-6-7-4-3-5-11(12)9(7)10-8/h3-6,10H,2H2,1H3. The van der Waals surface area contributed by atoms with Gasteiger partial charge in [0.25, 0.3) is 5.65 Å². The summed E-state index contributed by atoms with van der Waals surface area (Å²) in [5.41, 5.74) is 1.75. The molecule has 0 amide bonds. The normalized spacial score (nSPS) is 10.8. The molecule has 3 nitrogen and oxygen atoms in total. The van der Waals surface area contributed by atoms with E-state index in [9.17, 15) is 5.21 Å². The van der Waals surface area contributed by atoms with Crippen LogP contribution in [-0.4, -0.2) is 4.98 Å². The van der Waals surface area contributed by atoms with Gasteiger partial charge in [-0.15, -0.1) is 0 Å². The van der Waals surface area contributed by atoms with Gasteiger partial charge < -0.3 is 5.21 Å². The second kappa shape index (κ2) is 2.52. The van der Waals surface area contributed by atoms with Crippen LogP contribution >= 0.6 is 0 Å². The molecule has 0 saturated carbocycles. The predicted molar refractivity (Wildman–Crippen MR) is 46.6 cm³/mol. The molecule has 3 heteroatoms. The molecule has 1 N–H and O–H groups in total. The molecular formula is C9H10N2O. The number of pyridine rings is 1. The first kappa shape index (κ1) is 7.16. The summed E-state index contributed by atoms with van der Waals surface area (Å²) in [5, 5.41) is 12.2. The Morgan fingerprint density at radius 3 is 3.08 bits per heavy atom. The molecule has 0 saturated heterocycles. The summed E-state index contributed by atoms with van der Waals surface area (Å²) in [5.74, 6) is 0. The van der Waals surface area contributed by atoms with Crippen LogP contribution in [0.3, 0.4) is 0 Å². The highest BCUT2D eigenvalue weighted by Crippen LogP contribution is 2.10. The van der Waals surface area contributed by atoms with Crippen molar-refractivity contribution < 1.29 is 4.73 Å². The maximum absolute atomic E-state index is 11.2. The highest BCUT2D eigenvalue weighted by molar-refractivity contribution is 5.73. The average molecular weight is 162 g/mol. The lowest BCUT2D eigenvalue weighted by molar-refractivity contribution is -0.579. The van der Waals surface area contributed by atoms with Crippen molar-refractivity contribution in [3.8, 4) is 0 Å². The fourth-order valence-corrected chi connectivity index (χ4v) is 1.32. The summed E-state index contributed by atoms with van der Waals surface area (Å²) in [7, 11) is 0. The lowest BCUT2D eigenvalue weighted by Crippen LogP contribution is -2.25. The molecular weight excluding hydrogens is 152 g/mol. The highest BCUT2D eigenvalue weighted by Gasteiger charge is 2.05. The number of H-pyrrole nitrogens is 1. The second-order valence-electron chi connectivity index (χ2n) is 2.79.